The summed E-state index contributed by atoms with van der Waals surface area (Å²) < 4.78 is 0. The van der Waals surface area contributed by atoms with Crippen molar-refractivity contribution in [2.45, 2.75) is 13.8 Å². The molecule has 8 heteroatoms. The van der Waals surface area contributed by atoms with E-state index in [2.05, 4.69) is 108 Å². The fourth-order valence-corrected chi connectivity index (χ4v) is 6.36. The highest BCUT2D eigenvalue weighted by Crippen LogP contribution is 2.27. The van der Waals surface area contributed by atoms with Gasteiger partial charge in [0.1, 0.15) is 22.1 Å². The molecule has 0 aliphatic heterocycles. The number of fused-ring (bicyclic) bond motifs is 6. The minimum Gasteiger partial charge on any atom is -0.151 e. The Morgan fingerprint density at radius 3 is 1.56 bits per heavy atom. The quantitative estimate of drug-likeness (QED) is 0.133. The van der Waals surface area contributed by atoms with Crippen molar-refractivity contribution >= 4 is 67.1 Å². The van der Waals surface area contributed by atoms with Gasteiger partial charge in [-0.15, -0.1) is 20.4 Å². The Kier molecular flexibility index (Phi) is 7.05. The Bertz CT molecular complexity index is 2790. The fourth-order valence-electron chi connectivity index (χ4n) is 6.36. The second-order valence-corrected chi connectivity index (χ2v) is 12.4. The first-order valence-electron chi connectivity index (χ1n) is 16.5. The van der Waals surface area contributed by atoms with Crippen molar-refractivity contribution in [1.82, 2.24) is 30.0 Å². The number of azo groups is 1. The molecule has 2 heterocycles. The predicted octanol–water partition coefficient (Wildman–Crippen LogP) is 10.7. The van der Waals surface area contributed by atoms with E-state index in [0.717, 1.165) is 88.6 Å². The van der Waals surface area contributed by atoms with Gasteiger partial charge < -0.3 is 0 Å². The number of rotatable bonds is 6. The SMILES string of the molecule is Cc1cc(N=Nc2ccc(-n3nc4ccc5ccccc5c4n3)cc2)ccc1C=Cc1ccc(-n2nc3ccc4ccccc4c3n2)cc1C. The summed E-state index contributed by atoms with van der Waals surface area (Å²) >= 11 is 0. The van der Waals surface area contributed by atoms with E-state index in [0.29, 0.717) is 0 Å². The first-order chi connectivity index (χ1) is 24.6. The Morgan fingerprint density at radius 2 is 0.960 bits per heavy atom. The summed E-state index contributed by atoms with van der Waals surface area (Å²) in [4.78, 5) is 3.40. The molecule has 0 saturated carbocycles. The maximum absolute atomic E-state index is 4.83. The highest BCUT2D eigenvalue weighted by molar-refractivity contribution is 6.04. The summed E-state index contributed by atoms with van der Waals surface area (Å²) in [5.41, 5.74) is 11.4. The predicted molar refractivity (Wildman–Crippen MR) is 202 cm³/mol. The van der Waals surface area contributed by atoms with Crippen LogP contribution >= 0.6 is 0 Å². The number of aromatic nitrogens is 6. The van der Waals surface area contributed by atoms with E-state index in [1.807, 2.05) is 66.7 Å². The molecule has 7 aromatic carbocycles. The first kappa shape index (κ1) is 29.3. The highest BCUT2D eigenvalue weighted by Gasteiger charge is 2.10. The molecule has 238 valence electrons. The molecule has 9 aromatic rings. The molecular weight excluding hydrogens is 617 g/mol. The van der Waals surface area contributed by atoms with E-state index in [-0.39, 0.29) is 0 Å². The van der Waals surface area contributed by atoms with Crippen molar-refractivity contribution < 1.29 is 0 Å². The van der Waals surface area contributed by atoms with Crippen molar-refractivity contribution in [1.29, 1.82) is 0 Å². The van der Waals surface area contributed by atoms with Gasteiger partial charge >= 0.3 is 0 Å². The van der Waals surface area contributed by atoms with Gasteiger partial charge in [-0.2, -0.15) is 19.8 Å². The second-order valence-electron chi connectivity index (χ2n) is 12.4. The molecule has 0 bridgehead atoms. The molecule has 0 fully saturated rings. The number of nitrogens with zero attached hydrogens (tertiary/aromatic N) is 8. The van der Waals surface area contributed by atoms with Gasteiger partial charge in [-0.05, 0) is 108 Å². The van der Waals surface area contributed by atoms with Crippen LogP contribution in [0.1, 0.15) is 22.3 Å². The molecule has 0 aliphatic carbocycles. The molecule has 2 aromatic heterocycles. The molecule has 8 nitrogen and oxygen atoms in total. The van der Waals surface area contributed by atoms with Crippen molar-refractivity contribution in [3.63, 3.8) is 0 Å². The average molecular weight is 647 g/mol. The summed E-state index contributed by atoms with van der Waals surface area (Å²) in [7, 11) is 0. The summed E-state index contributed by atoms with van der Waals surface area (Å²) in [5, 5.41) is 32.5. The summed E-state index contributed by atoms with van der Waals surface area (Å²) in [5.74, 6) is 0. The molecular formula is C42H30N8. The molecule has 0 N–H and O–H groups in total. The lowest BCUT2D eigenvalue weighted by Crippen LogP contribution is -1.99. The van der Waals surface area contributed by atoms with Gasteiger partial charge in [0.25, 0.3) is 0 Å². The standard InChI is InChI=1S/C42H30N8/c1-27-25-34(44-43-33-18-21-35(22-19-33)49-45-39-23-15-31-7-3-5-9-37(31)41(39)47-49)17-13-29(27)11-12-30-14-20-36(26-28(30)2)50-46-40-24-16-32-8-4-6-10-38(32)42(40)48-50/h3-26H,1-2H3. The van der Waals surface area contributed by atoms with E-state index in [1.165, 1.54) is 0 Å². The molecule has 0 aliphatic rings. The second kappa shape index (κ2) is 12.0. The zero-order valence-electron chi connectivity index (χ0n) is 27.4. The lowest BCUT2D eigenvalue weighted by Gasteiger charge is -2.06. The van der Waals surface area contributed by atoms with Crippen LogP contribution in [-0.4, -0.2) is 30.0 Å². The number of hydrogen-bond acceptors (Lipinski definition) is 6. The van der Waals surface area contributed by atoms with Crippen LogP contribution in [0.25, 0.3) is 67.1 Å². The summed E-state index contributed by atoms with van der Waals surface area (Å²) in [6.45, 7) is 4.20. The van der Waals surface area contributed by atoms with E-state index >= 15 is 0 Å². The number of benzene rings is 7. The third-order valence-corrected chi connectivity index (χ3v) is 9.09. The summed E-state index contributed by atoms with van der Waals surface area (Å²) in [6, 6.07) is 44.9. The maximum Gasteiger partial charge on any atom is 0.121 e. The van der Waals surface area contributed by atoms with E-state index in [4.69, 9.17) is 15.3 Å². The molecule has 0 atom stereocenters. The lowest BCUT2D eigenvalue weighted by atomic mass is 10.0. The van der Waals surface area contributed by atoms with Crippen LogP contribution in [0, 0.1) is 13.8 Å². The van der Waals surface area contributed by atoms with Gasteiger partial charge in [-0.1, -0.05) is 84.9 Å². The molecule has 0 radical (unpaired) electrons. The molecule has 0 spiro atoms. The Labute approximate surface area is 287 Å². The van der Waals surface area contributed by atoms with Crippen molar-refractivity contribution in [2.75, 3.05) is 0 Å². The van der Waals surface area contributed by atoms with Gasteiger partial charge in [-0.3, -0.25) is 0 Å². The normalized spacial score (nSPS) is 12.0. The number of aryl methyl sites for hydroxylation is 2. The highest BCUT2D eigenvalue weighted by atomic mass is 15.5. The maximum atomic E-state index is 4.83. The topological polar surface area (TPSA) is 86.1 Å². The molecule has 9 rings (SSSR count). The average Bonchev–Trinajstić information content (AvgIpc) is 3.80. The van der Waals surface area contributed by atoms with E-state index < -0.39 is 0 Å². The van der Waals surface area contributed by atoms with Crippen LogP contribution in [0.5, 0.6) is 0 Å². The zero-order chi connectivity index (χ0) is 33.6. The van der Waals surface area contributed by atoms with Crippen LogP contribution in [0.3, 0.4) is 0 Å². The van der Waals surface area contributed by atoms with Crippen molar-refractivity contribution in [2.24, 2.45) is 10.2 Å². The molecule has 0 saturated heterocycles. The molecule has 0 amide bonds. The Balaban J connectivity index is 0.891. The van der Waals surface area contributed by atoms with Crippen molar-refractivity contribution in [3.05, 3.63) is 156 Å². The minimum absolute atomic E-state index is 0.753. The van der Waals surface area contributed by atoms with Crippen LogP contribution in [0.4, 0.5) is 11.4 Å². The van der Waals surface area contributed by atoms with E-state index in [9.17, 15) is 0 Å². The monoisotopic (exact) mass is 646 g/mol. The van der Waals surface area contributed by atoms with Crippen LogP contribution < -0.4 is 0 Å². The third kappa shape index (κ3) is 5.38. The number of hydrogen-bond donors (Lipinski definition) is 0. The van der Waals surface area contributed by atoms with Gasteiger partial charge in [0.2, 0.25) is 0 Å². The molecule has 50 heavy (non-hydrogen) atoms. The van der Waals surface area contributed by atoms with Crippen molar-refractivity contribution in [3.8, 4) is 11.4 Å². The van der Waals surface area contributed by atoms with Gasteiger partial charge in [0, 0.05) is 10.8 Å². The minimum atomic E-state index is 0.753. The van der Waals surface area contributed by atoms with Gasteiger partial charge in [0.05, 0.1) is 22.7 Å². The van der Waals surface area contributed by atoms with E-state index in [1.54, 1.807) is 9.59 Å². The summed E-state index contributed by atoms with van der Waals surface area (Å²) in [6.07, 6.45) is 4.28. The van der Waals surface area contributed by atoms with Crippen LogP contribution in [0.2, 0.25) is 0 Å². The Morgan fingerprint density at radius 1 is 0.460 bits per heavy atom. The smallest absolute Gasteiger partial charge is 0.121 e. The fraction of sp³-hybridized carbons (Fsp3) is 0.0476. The Hall–Kier alpha value is -6.80. The van der Waals surface area contributed by atoms with Gasteiger partial charge in [0.15, 0.2) is 0 Å². The van der Waals surface area contributed by atoms with Crippen LogP contribution in [0.15, 0.2) is 144 Å². The first-order valence-corrected chi connectivity index (χ1v) is 16.5. The largest absolute Gasteiger partial charge is 0.151 e. The zero-order valence-corrected chi connectivity index (χ0v) is 27.4. The van der Waals surface area contributed by atoms with Crippen LogP contribution in [-0.2, 0) is 0 Å². The third-order valence-electron chi connectivity index (χ3n) is 9.09. The molecule has 0 unspecified atom stereocenters. The van der Waals surface area contributed by atoms with Gasteiger partial charge in [-0.25, -0.2) is 0 Å². The lowest BCUT2D eigenvalue weighted by molar-refractivity contribution is 0.765.